The number of benzene rings is 3. The van der Waals surface area contributed by atoms with E-state index in [0.29, 0.717) is 29.8 Å². The summed E-state index contributed by atoms with van der Waals surface area (Å²) in [5.41, 5.74) is 4.48. The molecule has 3 aromatic rings. The Morgan fingerprint density at radius 2 is 1.78 bits per heavy atom. The Hall–Kier alpha value is -3.34. The summed E-state index contributed by atoms with van der Waals surface area (Å²) in [6.07, 6.45) is 3.44. The number of carboxylic acids is 1. The Morgan fingerprint density at radius 3 is 2.46 bits per heavy atom. The largest absolute Gasteiger partial charge is 0.497 e. The molecular formula is C32H37FO4. The third kappa shape index (κ3) is 6.91. The van der Waals surface area contributed by atoms with E-state index in [1.807, 2.05) is 36.4 Å². The minimum absolute atomic E-state index is 0.00378. The van der Waals surface area contributed by atoms with Crippen LogP contribution in [0.15, 0.2) is 60.7 Å². The van der Waals surface area contributed by atoms with Crippen LogP contribution in [-0.2, 0) is 11.4 Å². The van der Waals surface area contributed by atoms with Gasteiger partial charge in [0, 0.05) is 5.56 Å². The van der Waals surface area contributed by atoms with Gasteiger partial charge in [-0.05, 0) is 82.7 Å². The first kappa shape index (κ1) is 26.7. The van der Waals surface area contributed by atoms with E-state index in [4.69, 9.17) is 9.47 Å². The second kappa shape index (κ2) is 11.8. The van der Waals surface area contributed by atoms with Crippen LogP contribution in [0.5, 0.6) is 11.5 Å². The third-order valence-corrected chi connectivity index (χ3v) is 7.54. The van der Waals surface area contributed by atoms with E-state index in [0.717, 1.165) is 34.4 Å². The Bertz CT molecular complexity index is 1230. The maximum Gasteiger partial charge on any atom is 0.303 e. The molecule has 0 spiro atoms. The third-order valence-electron chi connectivity index (χ3n) is 7.54. The van der Waals surface area contributed by atoms with Gasteiger partial charge in [0.05, 0.1) is 13.5 Å². The Labute approximate surface area is 219 Å². The quantitative estimate of drug-likeness (QED) is 0.270. The molecule has 3 aromatic carbocycles. The van der Waals surface area contributed by atoms with Gasteiger partial charge in [0.25, 0.3) is 0 Å². The van der Waals surface area contributed by atoms with Gasteiger partial charge in [-0.3, -0.25) is 4.79 Å². The number of ether oxygens (including phenoxy) is 2. The zero-order valence-corrected chi connectivity index (χ0v) is 22.2. The number of hydrogen-bond acceptors (Lipinski definition) is 3. The van der Waals surface area contributed by atoms with Crippen molar-refractivity contribution >= 4 is 5.97 Å². The van der Waals surface area contributed by atoms with Crippen LogP contribution in [0.4, 0.5) is 4.39 Å². The Kier molecular flexibility index (Phi) is 8.52. The standard InChI is InChI=1S/C32H37FO4/c1-20(2)21(3)29-15-23(10-12-28(29)30-18-26(36-4)11-13-31(30)33)19-37-27-7-5-6-24(16-27)25(17-32(34)35)14-22-8-9-22/h5-7,10-13,15-16,18,20-22,25H,8-9,14,17,19H2,1-4H3,(H,34,35)/t21?,25-/m0/s1. The van der Waals surface area contributed by atoms with Gasteiger partial charge in [-0.1, -0.05) is 63.9 Å². The molecule has 37 heavy (non-hydrogen) atoms. The molecule has 0 saturated heterocycles. The first-order valence-corrected chi connectivity index (χ1v) is 13.2. The number of hydrogen-bond donors (Lipinski definition) is 1. The van der Waals surface area contributed by atoms with E-state index in [9.17, 15) is 14.3 Å². The lowest BCUT2D eigenvalue weighted by Gasteiger charge is -2.22. The molecule has 0 aliphatic heterocycles. The second-order valence-electron chi connectivity index (χ2n) is 10.6. The van der Waals surface area contributed by atoms with Crippen LogP contribution >= 0.6 is 0 Å². The van der Waals surface area contributed by atoms with Crippen molar-refractivity contribution in [3.05, 3.63) is 83.2 Å². The minimum Gasteiger partial charge on any atom is -0.497 e. The molecule has 1 unspecified atom stereocenters. The van der Waals surface area contributed by atoms with Gasteiger partial charge in [-0.25, -0.2) is 4.39 Å². The molecule has 4 nitrogen and oxygen atoms in total. The highest BCUT2D eigenvalue weighted by atomic mass is 19.1. The summed E-state index contributed by atoms with van der Waals surface area (Å²) in [4.78, 5) is 11.4. The molecule has 1 aliphatic carbocycles. The number of aliphatic carboxylic acids is 1. The van der Waals surface area contributed by atoms with Gasteiger partial charge >= 0.3 is 5.97 Å². The SMILES string of the molecule is COc1ccc(F)c(-c2ccc(COc3cccc([C@H](CC(=O)O)CC4CC4)c3)cc2C(C)C(C)C)c1. The van der Waals surface area contributed by atoms with E-state index >= 15 is 0 Å². The van der Waals surface area contributed by atoms with Gasteiger partial charge < -0.3 is 14.6 Å². The molecule has 0 bridgehead atoms. The summed E-state index contributed by atoms with van der Waals surface area (Å²) in [6.45, 7) is 6.87. The molecule has 5 heteroatoms. The Morgan fingerprint density at radius 1 is 1.00 bits per heavy atom. The van der Waals surface area contributed by atoms with E-state index < -0.39 is 5.97 Å². The predicted octanol–water partition coefficient (Wildman–Crippen LogP) is 8.20. The fraction of sp³-hybridized carbons (Fsp3) is 0.406. The summed E-state index contributed by atoms with van der Waals surface area (Å²) < 4.78 is 26.4. The number of methoxy groups -OCH3 is 1. The maximum absolute atomic E-state index is 14.9. The smallest absolute Gasteiger partial charge is 0.303 e. The first-order chi connectivity index (χ1) is 17.7. The summed E-state index contributed by atoms with van der Waals surface area (Å²) >= 11 is 0. The van der Waals surface area contributed by atoms with Gasteiger partial charge in [0.2, 0.25) is 0 Å². The monoisotopic (exact) mass is 504 g/mol. The molecule has 0 amide bonds. The molecule has 0 radical (unpaired) electrons. The van der Waals surface area contributed by atoms with Gasteiger partial charge in [0.15, 0.2) is 0 Å². The Balaban J connectivity index is 1.57. The highest BCUT2D eigenvalue weighted by Gasteiger charge is 2.28. The highest BCUT2D eigenvalue weighted by Crippen LogP contribution is 2.41. The van der Waals surface area contributed by atoms with Crippen molar-refractivity contribution in [3.63, 3.8) is 0 Å². The lowest BCUT2D eigenvalue weighted by molar-refractivity contribution is -0.137. The van der Waals surface area contributed by atoms with Crippen molar-refractivity contribution in [2.24, 2.45) is 11.8 Å². The number of rotatable bonds is 12. The van der Waals surface area contributed by atoms with E-state index in [2.05, 4.69) is 26.8 Å². The van der Waals surface area contributed by atoms with E-state index in [1.54, 1.807) is 19.2 Å². The summed E-state index contributed by atoms with van der Waals surface area (Å²) in [6, 6.07) is 18.7. The van der Waals surface area contributed by atoms with Crippen LogP contribution in [0.25, 0.3) is 11.1 Å². The van der Waals surface area contributed by atoms with E-state index in [1.165, 1.54) is 18.9 Å². The van der Waals surface area contributed by atoms with Crippen LogP contribution in [-0.4, -0.2) is 18.2 Å². The van der Waals surface area contributed by atoms with E-state index in [-0.39, 0.29) is 24.1 Å². The molecule has 0 aromatic heterocycles. The predicted molar refractivity (Wildman–Crippen MR) is 145 cm³/mol. The average molecular weight is 505 g/mol. The maximum atomic E-state index is 14.9. The summed E-state index contributed by atoms with van der Waals surface area (Å²) in [5, 5.41) is 9.40. The fourth-order valence-electron chi connectivity index (χ4n) is 4.85. The van der Waals surface area contributed by atoms with Gasteiger partial charge in [-0.15, -0.1) is 0 Å². The number of carboxylic acid groups (broad SMARTS) is 1. The van der Waals surface area contributed by atoms with Crippen LogP contribution < -0.4 is 9.47 Å². The zero-order valence-electron chi connectivity index (χ0n) is 22.2. The molecule has 1 N–H and O–H groups in total. The molecular weight excluding hydrogens is 467 g/mol. The van der Waals surface area contributed by atoms with Crippen molar-refractivity contribution in [1.82, 2.24) is 0 Å². The minimum atomic E-state index is -0.767. The number of halogens is 1. The lowest BCUT2D eigenvalue weighted by Crippen LogP contribution is -2.08. The van der Waals surface area contributed by atoms with Crippen LogP contribution in [0.1, 0.15) is 75.0 Å². The lowest BCUT2D eigenvalue weighted by atomic mass is 9.84. The summed E-state index contributed by atoms with van der Waals surface area (Å²) in [7, 11) is 1.58. The number of carbonyl (C=O) groups is 1. The summed E-state index contributed by atoms with van der Waals surface area (Å²) in [5.74, 6) is 1.53. The molecule has 196 valence electrons. The molecule has 1 saturated carbocycles. The van der Waals surface area contributed by atoms with Crippen molar-refractivity contribution in [3.8, 4) is 22.6 Å². The zero-order chi connectivity index (χ0) is 26.5. The molecule has 1 aliphatic rings. The van der Waals surface area contributed by atoms with Crippen molar-refractivity contribution in [2.75, 3.05) is 7.11 Å². The highest BCUT2D eigenvalue weighted by molar-refractivity contribution is 5.71. The van der Waals surface area contributed by atoms with Crippen LogP contribution in [0.3, 0.4) is 0 Å². The molecule has 2 atom stereocenters. The topological polar surface area (TPSA) is 55.8 Å². The normalized spacial score (nSPS) is 14.9. The van der Waals surface area contributed by atoms with Crippen molar-refractivity contribution in [2.45, 2.75) is 64.9 Å². The van der Waals surface area contributed by atoms with Crippen LogP contribution in [0, 0.1) is 17.7 Å². The van der Waals surface area contributed by atoms with Gasteiger partial charge in [0.1, 0.15) is 23.9 Å². The van der Waals surface area contributed by atoms with Crippen molar-refractivity contribution in [1.29, 1.82) is 0 Å². The van der Waals surface area contributed by atoms with Gasteiger partial charge in [-0.2, -0.15) is 0 Å². The average Bonchev–Trinajstić information content (AvgIpc) is 3.71. The fourth-order valence-corrected chi connectivity index (χ4v) is 4.85. The molecule has 4 rings (SSSR count). The molecule has 0 heterocycles. The second-order valence-corrected chi connectivity index (χ2v) is 10.6. The van der Waals surface area contributed by atoms with Crippen LogP contribution in [0.2, 0.25) is 0 Å². The van der Waals surface area contributed by atoms with Crippen molar-refractivity contribution < 1.29 is 23.8 Å². The molecule has 1 fully saturated rings. The first-order valence-electron chi connectivity index (χ1n) is 13.2.